The van der Waals surface area contributed by atoms with E-state index in [1.54, 1.807) is 24.3 Å². The number of methoxy groups -OCH3 is 1. The van der Waals surface area contributed by atoms with Crippen molar-refractivity contribution in [1.82, 2.24) is 19.4 Å². The van der Waals surface area contributed by atoms with Crippen LogP contribution in [0.25, 0.3) is 15.9 Å². The molecule has 0 amide bonds. The zero-order valence-corrected chi connectivity index (χ0v) is 24.1. The Morgan fingerprint density at radius 1 is 1.16 bits per heavy atom. The summed E-state index contributed by atoms with van der Waals surface area (Å²) in [6.45, 7) is 8.92. The number of halogens is 2. The number of carbonyl (C=O) groups excluding carboxylic acids is 1. The first-order valence-corrected chi connectivity index (χ1v) is 14.4. The van der Waals surface area contributed by atoms with Crippen molar-refractivity contribution in [2.45, 2.75) is 50.6 Å². The second kappa shape index (κ2) is 12.7. The number of aliphatic hydroxyl groups excluding tert-OH is 1. The number of rotatable bonds is 10. The molecule has 44 heavy (non-hydrogen) atoms. The van der Waals surface area contributed by atoms with Crippen LogP contribution in [0.2, 0.25) is 0 Å². The highest BCUT2D eigenvalue weighted by atomic mass is 19.1. The normalized spacial score (nSPS) is 19.9. The lowest BCUT2D eigenvalue weighted by atomic mass is 10.0. The van der Waals surface area contributed by atoms with Crippen LogP contribution in [0.1, 0.15) is 46.3 Å². The summed E-state index contributed by atoms with van der Waals surface area (Å²) in [7, 11) is 1.35. The second-order valence-corrected chi connectivity index (χ2v) is 11.0. The summed E-state index contributed by atoms with van der Waals surface area (Å²) in [5.41, 5.74) is 2.81. The van der Waals surface area contributed by atoms with Crippen molar-refractivity contribution in [3.63, 3.8) is 0 Å². The third-order valence-corrected chi connectivity index (χ3v) is 8.28. The standard InChI is InChI=1S/C32H31F2N5O5/c1-35-21-4-8-30(25(34)13-21)44-18-28-24(33)5-7-26(36-28)20-11-22(17-40)38(14-20)16-31-37-27-6-3-19(32(41)42-2)12-29(27)39(31)15-23-9-10-43-23/h3-8,12-13,20,22-23,40H,9-11,14-18H2,2H3/t20?,22-,23+/m1/s1. The maximum atomic E-state index is 14.7. The molecule has 2 aliphatic rings. The second-order valence-electron chi connectivity index (χ2n) is 11.0. The van der Waals surface area contributed by atoms with E-state index >= 15 is 0 Å². The molecule has 3 atom stereocenters. The summed E-state index contributed by atoms with van der Waals surface area (Å²) in [5.74, 6) is -1.11. The molecule has 4 heterocycles. The molecule has 2 saturated heterocycles. The van der Waals surface area contributed by atoms with Crippen molar-refractivity contribution in [1.29, 1.82) is 0 Å². The van der Waals surface area contributed by atoms with Crippen molar-refractivity contribution in [3.05, 3.63) is 94.4 Å². The molecule has 2 aromatic heterocycles. The van der Waals surface area contributed by atoms with E-state index in [0.717, 1.165) is 29.3 Å². The highest BCUT2D eigenvalue weighted by Crippen LogP contribution is 2.33. The summed E-state index contributed by atoms with van der Waals surface area (Å²) in [4.78, 5) is 27.0. The molecular formula is C32H31F2N5O5. The van der Waals surface area contributed by atoms with Gasteiger partial charge in [0.05, 0.1) is 56.1 Å². The number of benzene rings is 2. The fraction of sp³-hybridized carbons (Fsp3) is 0.375. The maximum absolute atomic E-state index is 14.7. The monoisotopic (exact) mass is 603 g/mol. The molecule has 0 radical (unpaired) electrons. The predicted octanol–water partition coefficient (Wildman–Crippen LogP) is 4.77. The third kappa shape index (κ3) is 5.99. The summed E-state index contributed by atoms with van der Waals surface area (Å²) in [5, 5.41) is 10.3. The Morgan fingerprint density at radius 2 is 2.00 bits per heavy atom. The molecule has 0 aliphatic carbocycles. The van der Waals surface area contributed by atoms with Crippen LogP contribution in [0.15, 0.2) is 48.5 Å². The van der Waals surface area contributed by atoms with Gasteiger partial charge in [-0.3, -0.25) is 9.88 Å². The Morgan fingerprint density at radius 3 is 2.70 bits per heavy atom. The van der Waals surface area contributed by atoms with Crippen molar-refractivity contribution in [2.75, 3.05) is 26.9 Å². The molecule has 12 heteroatoms. The van der Waals surface area contributed by atoms with Crippen molar-refractivity contribution >= 4 is 22.7 Å². The molecule has 228 valence electrons. The van der Waals surface area contributed by atoms with Gasteiger partial charge < -0.3 is 23.9 Å². The average molecular weight is 604 g/mol. The fourth-order valence-corrected chi connectivity index (χ4v) is 5.79. The molecule has 10 nitrogen and oxygen atoms in total. The lowest BCUT2D eigenvalue weighted by Crippen LogP contribution is -2.35. The number of carbonyl (C=O) groups is 1. The summed E-state index contributed by atoms with van der Waals surface area (Å²) in [6.07, 6.45) is 1.58. The van der Waals surface area contributed by atoms with E-state index in [2.05, 4.69) is 19.3 Å². The van der Waals surface area contributed by atoms with Gasteiger partial charge in [0.15, 0.2) is 17.3 Å². The van der Waals surface area contributed by atoms with Crippen molar-refractivity contribution < 1.29 is 32.9 Å². The Kier molecular flexibility index (Phi) is 8.52. The molecule has 2 aliphatic heterocycles. The van der Waals surface area contributed by atoms with Gasteiger partial charge in [-0.15, -0.1) is 0 Å². The van der Waals surface area contributed by atoms with Gasteiger partial charge in [0.25, 0.3) is 0 Å². The van der Waals surface area contributed by atoms with E-state index in [0.29, 0.717) is 43.9 Å². The number of aromatic nitrogens is 3. The van der Waals surface area contributed by atoms with Gasteiger partial charge >= 0.3 is 5.97 Å². The Balaban J connectivity index is 1.21. The minimum absolute atomic E-state index is 0.0406. The number of fused-ring (bicyclic) bond motifs is 1. The van der Waals surface area contributed by atoms with E-state index in [9.17, 15) is 18.7 Å². The highest BCUT2D eigenvalue weighted by Gasteiger charge is 2.35. The van der Waals surface area contributed by atoms with Crippen LogP contribution in [-0.2, 0) is 29.2 Å². The Hall–Kier alpha value is -4.44. The zero-order valence-electron chi connectivity index (χ0n) is 24.1. The molecule has 1 unspecified atom stereocenters. The quantitative estimate of drug-likeness (QED) is 0.204. The topological polar surface area (TPSA) is 103 Å². The maximum Gasteiger partial charge on any atom is 0.337 e. The Labute approximate surface area is 252 Å². The lowest BCUT2D eigenvalue weighted by Gasteiger charge is -2.28. The van der Waals surface area contributed by atoms with Crippen LogP contribution in [0.4, 0.5) is 14.5 Å². The van der Waals surface area contributed by atoms with E-state index in [1.165, 1.54) is 25.3 Å². The van der Waals surface area contributed by atoms with Crippen LogP contribution < -0.4 is 4.74 Å². The smallest absolute Gasteiger partial charge is 0.337 e. The minimum atomic E-state index is -0.705. The van der Waals surface area contributed by atoms with Crippen LogP contribution in [0.5, 0.6) is 5.75 Å². The van der Waals surface area contributed by atoms with Gasteiger partial charge in [-0.25, -0.2) is 23.4 Å². The van der Waals surface area contributed by atoms with Crippen LogP contribution in [-0.4, -0.2) is 69.5 Å². The summed E-state index contributed by atoms with van der Waals surface area (Å²) < 4.78 is 47.2. The number of imidazole rings is 1. The van der Waals surface area contributed by atoms with Crippen molar-refractivity contribution in [3.8, 4) is 5.75 Å². The number of hydrogen-bond donors (Lipinski definition) is 1. The van der Waals surface area contributed by atoms with Gasteiger partial charge in [-0.05, 0) is 55.3 Å². The third-order valence-electron chi connectivity index (χ3n) is 8.28. The van der Waals surface area contributed by atoms with Gasteiger partial charge in [-0.2, -0.15) is 0 Å². The minimum Gasteiger partial charge on any atom is -0.484 e. The van der Waals surface area contributed by atoms with Crippen LogP contribution >= 0.6 is 0 Å². The van der Waals surface area contributed by atoms with Crippen molar-refractivity contribution in [2.24, 2.45) is 0 Å². The van der Waals surface area contributed by atoms with Gasteiger partial charge in [0, 0.05) is 30.8 Å². The zero-order chi connectivity index (χ0) is 30.8. The Bertz CT molecular complexity index is 1730. The fourth-order valence-electron chi connectivity index (χ4n) is 5.79. The van der Waals surface area contributed by atoms with Crippen LogP contribution in [0, 0.1) is 18.2 Å². The number of nitrogens with zero attached hydrogens (tertiary/aromatic N) is 5. The van der Waals surface area contributed by atoms with E-state index < -0.39 is 17.6 Å². The first-order valence-electron chi connectivity index (χ1n) is 14.4. The van der Waals surface area contributed by atoms with Gasteiger partial charge in [0.2, 0.25) is 0 Å². The molecule has 0 saturated carbocycles. The number of pyridine rings is 1. The molecule has 2 fully saturated rings. The SMILES string of the molecule is [C-]#[N+]c1ccc(OCc2nc(C3C[C@H](CO)N(Cc4nc5ccc(C(=O)OC)cc5n4C[C@@H]4CCO4)C3)ccc2F)c(F)c1. The molecule has 1 N–H and O–H groups in total. The van der Waals surface area contributed by atoms with E-state index in [4.69, 9.17) is 25.8 Å². The molecule has 4 aromatic rings. The first-order chi connectivity index (χ1) is 21.4. The summed E-state index contributed by atoms with van der Waals surface area (Å²) in [6, 6.07) is 11.9. The lowest BCUT2D eigenvalue weighted by molar-refractivity contribution is -0.0592. The van der Waals surface area contributed by atoms with Gasteiger partial charge in [0.1, 0.15) is 23.9 Å². The number of hydrogen-bond acceptors (Lipinski definition) is 8. The average Bonchev–Trinajstić information content (AvgIpc) is 3.58. The molecule has 0 bridgehead atoms. The van der Waals surface area contributed by atoms with Gasteiger partial charge in [-0.1, -0.05) is 6.07 Å². The predicted molar refractivity (Wildman–Crippen MR) is 155 cm³/mol. The number of likely N-dealkylation sites (tertiary alicyclic amines) is 1. The molecule has 2 aromatic carbocycles. The highest BCUT2D eigenvalue weighted by molar-refractivity contribution is 5.93. The van der Waals surface area contributed by atoms with E-state index in [-0.39, 0.29) is 48.4 Å². The molecule has 0 spiro atoms. The molecule has 6 rings (SSSR count). The number of esters is 1. The largest absolute Gasteiger partial charge is 0.484 e. The number of ether oxygens (including phenoxy) is 3. The first kappa shape index (κ1) is 29.6. The molecular weight excluding hydrogens is 572 g/mol. The number of aliphatic hydroxyl groups is 1. The summed E-state index contributed by atoms with van der Waals surface area (Å²) >= 11 is 0. The van der Waals surface area contributed by atoms with Crippen LogP contribution in [0.3, 0.4) is 0 Å². The van der Waals surface area contributed by atoms with E-state index in [1.807, 2.05) is 0 Å².